The van der Waals surface area contributed by atoms with Gasteiger partial charge in [0.15, 0.2) is 11.3 Å². The van der Waals surface area contributed by atoms with Crippen molar-refractivity contribution in [1.29, 1.82) is 5.41 Å². The Morgan fingerprint density at radius 2 is 2.17 bits per heavy atom. The van der Waals surface area contributed by atoms with Crippen molar-refractivity contribution < 1.29 is 19.5 Å². The summed E-state index contributed by atoms with van der Waals surface area (Å²) in [5.41, 5.74) is 5.35. The number of carbonyl (C=O) groups is 3. The maximum atomic E-state index is 13.5. The maximum Gasteiger partial charge on any atom is 0.255 e. The Morgan fingerprint density at radius 3 is 2.83 bits per heavy atom. The smallest absolute Gasteiger partial charge is 0.255 e. The van der Waals surface area contributed by atoms with E-state index in [1.54, 1.807) is 11.0 Å². The van der Waals surface area contributed by atoms with Crippen LogP contribution in [-0.4, -0.2) is 84.9 Å². The van der Waals surface area contributed by atoms with Crippen LogP contribution in [0.4, 0.5) is 0 Å². The Kier molecular flexibility index (Phi) is 6.98. The number of β-lactam (4-membered cyclic amide) rings is 1. The first-order valence-electron chi connectivity index (χ1n) is 11.1. The van der Waals surface area contributed by atoms with Gasteiger partial charge in [-0.05, 0) is 18.9 Å². The number of nitrogens with two attached hydrogens (primary N) is 1. The summed E-state index contributed by atoms with van der Waals surface area (Å²) in [4.78, 5) is 45.2. The molecule has 3 aliphatic rings. The number of carbonyl (C=O) groups excluding carboxylic acids is 3. The van der Waals surface area contributed by atoms with Gasteiger partial charge in [0.05, 0.1) is 17.2 Å². The van der Waals surface area contributed by atoms with Gasteiger partial charge in [-0.25, -0.2) is 4.99 Å². The Hall–Kier alpha value is -2.83. The minimum absolute atomic E-state index is 0.0668. The molecule has 10 nitrogen and oxygen atoms in total. The molecular weight excluding hydrogens is 488 g/mol. The number of aliphatic hydroxyl groups is 1. The highest BCUT2D eigenvalue weighted by atomic mass is 32.2. The molecule has 3 fully saturated rings. The molecule has 2 aliphatic heterocycles. The summed E-state index contributed by atoms with van der Waals surface area (Å²) >= 11 is 2.43. The Balaban J connectivity index is 1.53. The van der Waals surface area contributed by atoms with Gasteiger partial charge in [-0.2, -0.15) is 0 Å². The van der Waals surface area contributed by atoms with Crippen molar-refractivity contribution >= 4 is 52.8 Å². The van der Waals surface area contributed by atoms with Gasteiger partial charge in [0.2, 0.25) is 11.8 Å². The quantitative estimate of drug-likeness (QED) is 0.163. The van der Waals surface area contributed by atoms with E-state index in [0.717, 1.165) is 23.7 Å². The van der Waals surface area contributed by atoms with Crippen LogP contribution in [0.5, 0.6) is 0 Å². The van der Waals surface area contributed by atoms with Crippen LogP contribution in [0.3, 0.4) is 0 Å². The predicted octanol–water partition coefficient (Wildman–Crippen LogP) is 0.691. The van der Waals surface area contributed by atoms with Crippen LogP contribution in [0.2, 0.25) is 0 Å². The molecule has 5 atom stereocenters. The van der Waals surface area contributed by atoms with Gasteiger partial charge in [-0.15, -0.1) is 18.3 Å². The van der Waals surface area contributed by atoms with Gasteiger partial charge in [0, 0.05) is 12.5 Å². The molecule has 0 spiro atoms. The minimum atomic E-state index is -1.53. The summed E-state index contributed by atoms with van der Waals surface area (Å²) in [6, 6.07) is 8.72. The Morgan fingerprint density at radius 1 is 1.46 bits per heavy atom. The fourth-order valence-electron chi connectivity index (χ4n) is 4.92. The second kappa shape index (κ2) is 9.67. The SMILES string of the molecule is C=CCN1C(=O)C2N(C(=O)C(O)C3(NC(=O)CSC(N)=NC=N)CC3c3ccccc3)CSC21C. The van der Waals surface area contributed by atoms with Crippen LogP contribution in [0.15, 0.2) is 48.0 Å². The lowest BCUT2D eigenvalue weighted by Crippen LogP contribution is -2.74. The molecule has 1 aromatic carbocycles. The number of likely N-dealkylation sites (tertiary alicyclic amines) is 1. The second-order valence-electron chi connectivity index (χ2n) is 8.82. The molecule has 5 unspecified atom stereocenters. The van der Waals surface area contributed by atoms with Crippen molar-refractivity contribution in [3.8, 4) is 0 Å². The number of nitrogens with one attached hydrogen (secondary N) is 2. The first kappa shape index (κ1) is 25.3. The molecule has 1 aliphatic carbocycles. The van der Waals surface area contributed by atoms with Crippen molar-refractivity contribution in [1.82, 2.24) is 15.1 Å². The van der Waals surface area contributed by atoms with Gasteiger partial charge in [0.25, 0.3) is 5.91 Å². The van der Waals surface area contributed by atoms with Crippen LogP contribution in [0.25, 0.3) is 0 Å². The first-order valence-corrected chi connectivity index (χ1v) is 13.0. The number of fused-ring (bicyclic) bond motifs is 1. The number of aliphatic imine (C=N–C) groups is 1. The topological polar surface area (TPSA) is 152 Å². The van der Waals surface area contributed by atoms with Gasteiger partial charge < -0.3 is 26.0 Å². The number of amidine groups is 1. The standard InChI is InChI=1S/C23H28N6O4S2/c1-3-9-29-19(32)17-22(29,2)35-13-28(17)20(33)18(31)23(10-15(23)14-7-5-4-6-8-14)27-16(30)11-34-21(25)26-12-24/h3-8,12,15,17-18,31H,1,9-11,13H2,2H3,(H,27,30)(H3,24,25,26). The highest BCUT2D eigenvalue weighted by Gasteiger charge is 2.68. The van der Waals surface area contributed by atoms with Crippen LogP contribution in [-0.2, 0) is 14.4 Å². The van der Waals surface area contributed by atoms with E-state index in [1.807, 2.05) is 37.3 Å². The number of rotatable bonds is 9. The molecule has 2 saturated heterocycles. The molecule has 1 aromatic rings. The lowest BCUT2D eigenvalue weighted by Gasteiger charge is -2.52. The average molecular weight is 517 g/mol. The van der Waals surface area contributed by atoms with Crippen LogP contribution in [0, 0.1) is 5.41 Å². The summed E-state index contributed by atoms with van der Waals surface area (Å²) in [6.07, 6.45) is 1.29. The van der Waals surface area contributed by atoms with E-state index < -0.39 is 34.4 Å². The zero-order valence-corrected chi connectivity index (χ0v) is 20.8. The summed E-state index contributed by atoms with van der Waals surface area (Å²) in [7, 11) is 0. The zero-order chi connectivity index (χ0) is 25.4. The summed E-state index contributed by atoms with van der Waals surface area (Å²) in [5.74, 6) is -1.25. The van der Waals surface area contributed by atoms with E-state index in [-0.39, 0.29) is 28.6 Å². The van der Waals surface area contributed by atoms with E-state index in [1.165, 1.54) is 16.7 Å². The van der Waals surface area contributed by atoms with E-state index in [9.17, 15) is 19.5 Å². The van der Waals surface area contributed by atoms with Crippen LogP contribution < -0.4 is 11.1 Å². The molecule has 12 heteroatoms. The third-order valence-corrected chi connectivity index (χ3v) is 9.03. The number of hydrogen-bond acceptors (Lipinski definition) is 7. The second-order valence-corrected chi connectivity index (χ2v) is 11.2. The molecule has 2 heterocycles. The summed E-state index contributed by atoms with van der Waals surface area (Å²) < 4.78 is 0. The number of hydrogen-bond donors (Lipinski definition) is 4. The van der Waals surface area contributed by atoms with Gasteiger partial charge >= 0.3 is 0 Å². The Bertz CT molecular complexity index is 1090. The van der Waals surface area contributed by atoms with Crippen molar-refractivity contribution in [2.75, 3.05) is 18.2 Å². The fourth-order valence-corrected chi connectivity index (χ4v) is 6.79. The van der Waals surface area contributed by atoms with E-state index in [0.29, 0.717) is 13.0 Å². The van der Waals surface area contributed by atoms with Gasteiger partial charge in [0.1, 0.15) is 17.3 Å². The third-order valence-electron chi connectivity index (χ3n) is 6.79. The molecule has 3 amide bonds. The van der Waals surface area contributed by atoms with Crippen LogP contribution in [0.1, 0.15) is 24.8 Å². The molecule has 35 heavy (non-hydrogen) atoms. The van der Waals surface area contributed by atoms with Crippen molar-refractivity contribution in [2.45, 2.75) is 41.8 Å². The molecule has 0 bridgehead atoms. The lowest BCUT2D eigenvalue weighted by molar-refractivity contribution is -0.166. The molecule has 1 saturated carbocycles. The zero-order valence-electron chi connectivity index (χ0n) is 19.2. The monoisotopic (exact) mass is 516 g/mol. The number of benzene rings is 1. The largest absolute Gasteiger partial charge is 0.381 e. The van der Waals surface area contributed by atoms with E-state index in [2.05, 4.69) is 16.9 Å². The number of amides is 3. The van der Waals surface area contributed by atoms with Gasteiger partial charge in [-0.3, -0.25) is 19.8 Å². The maximum absolute atomic E-state index is 13.5. The fraction of sp³-hybridized carbons (Fsp3) is 0.435. The van der Waals surface area contributed by atoms with Crippen LogP contribution >= 0.6 is 23.5 Å². The number of thioether (sulfide) groups is 2. The molecule has 0 radical (unpaired) electrons. The van der Waals surface area contributed by atoms with Gasteiger partial charge in [-0.1, -0.05) is 48.2 Å². The highest BCUT2D eigenvalue weighted by molar-refractivity contribution is 8.14. The molecular formula is C23H28N6O4S2. The Labute approximate surface area is 211 Å². The first-order chi connectivity index (χ1) is 16.7. The van der Waals surface area contributed by atoms with E-state index in [4.69, 9.17) is 11.1 Å². The normalized spacial score (nSPS) is 30.2. The van der Waals surface area contributed by atoms with Crippen molar-refractivity contribution in [3.05, 3.63) is 48.6 Å². The van der Waals surface area contributed by atoms with E-state index >= 15 is 0 Å². The number of nitrogens with zero attached hydrogens (tertiary/aromatic N) is 3. The molecule has 4 rings (SSSR count). The summed E-state index contributed by atoms with van der Waals surface area (Å²) in [5, 5.41) is 21.2. The highest BCUT2D eigenvalue weighted by Crippen LogP contribution is 2.55. The summed E-state index contributed by atoms with van der Waals surface area (Å²) in [6.45, 7) is 5.99. The lowest BCUT2D eigenvalue weighted by atomic mass is 9.92. The predicted molar refractivity (Wildman–Crippen MR) is 137 cm³/mol. The average Bonchev–Trinajstić information content (AvgIpc) is 3.49. The van der Waals surface area contributed by atoms with Crippen molar-refractivity contribution in [2.24, 2.45) is 10.7 Å². The molecule has 0 aromatic heterocycles. The molecule has 5 N–H and O–H groups in total. The minimum Gasteiger partial charge on any atom is -0.381 e. The van der Waals surface area contributed by atoms with Crippen molar-refractivity contribution in [3.63, 3.8) is 0 Å². The number of aliphatic hydroxyl groups excluding tert-OH is 1. The third kappa shape index (κ3) is 4.34. The molecule has 186 valence electrons.